The zero-order valence-electron chi connectivity index (χ0n) is 15.2. The zero-order chi connectivity index (χ0) is 18.8. The van der Waals surface area contributed by atoms with Crippen molar-refractivity contribution < 1.29 is 18.7 Å². The molecule has 0 saturated carbocycles. The lowest BCUT2D eigenvalue weighted by Gasteiger charge is -2.13. The van der Waals surface area contributed by atoms with Gasteiger partial charge < -0.3 is 18.7 Å². The minimum atomic E-state index is 0.528. The molecule has 0 unspecified atom stereocenters. The number of hydrogen-bond acceptors (Lipinski definition) is 6. The van der Waals surface area contributed by atoms with Crippen LogP contribution in [0, 0.1) is 0 Å². The topological polar surface area (TPSA) is 66.6 Å². The van der Waals surface area contributed by atoms with Gasteiger partial charge in [0.1, 0.15) is 0 Å². The first-order chi connectivity index (χ1) is 13.2. The summed E-state index contributed by atoms with van der Waals surface area (Å²) < 4.78 is 21.8. The van der Waals surface area contributed by atoms with Crippen LogP contribution in [0.3, 0.4) is 0 Å². The molecule has 6 nitrogen and oxygen atoms in total. The fourth-order valence-corrected chi connectivity index (χ4v) is 3.10. The van der Waals surface area contributed by atoms with Gasteiger partial charge in [-0.2, -0.15) is 0 Å². The van der Waals surface area contributed by atoms with Crippen LogP contribution in [-0.4, -0.2) is 31.5 Å². The van der Waals surface area contributed by atoms with Gasteiger partial charge in [0.15, 0.2) is 17.3 Å². The maximum Gasteiger partial charge on any atom is 0.203 e. The average molecular weight is 362 g/mol. The van der Waals surface area contributed by atoms with Crippen LogP contribution in [0.5, 0.6) is 17.2 Å². The molecule has 2 aromatic carbocycles. The van der Waals surface area contributed by atoms with Crippen molar-refractivity contribution in [3.63, 3.8) is 0 Å². The van der Waals surface area contributed by atoms with E-state index in [0.717, 1.165) is 27.6 Å². The lowest BCUT2D eigenvalue weighted by molar-refractivity contribution is 0.324. The molecular weight excluding hydrogens is 344 g/mol. The van der Waals surface area contributed by atoms with E-state index in [1.807, 2.05) is 42.5 Å². The van der Waals surface area contributed by atoms with Crippen molar-refractivity contribution in [1.29, 1.82) is 0 Å². The number of pyridine rings is 1. The normalized spacial score (nSPS) is 10.8. The molecule has 0 aliphatic rings. The lowest BCUT2D eigenvalue weighted by atomic mass is 10.0. The molecule has 0 N–H and O–H groups in total. The summed E-state index contributed by atoms with van der Waals surface area (Å²) in [6.07, 6.45) is 3.47. The molecule has 0 spiro atoms. The second kappa shape index (κ2) is 6.99. The van der Waals surface area contributed by atoms with Gasteiger partial charge in [0.05, 0.1) is 33.0 Å². The van der Waals surface area contributed by atoms with E-state index in [4.69, 9.17) is 18.7 Å². The quantitative estimate of drug-likeness (QED) is 0.518. The highest BCUT2D eigenvalue weighted by atomic mass is 16.5. The van der Waals surface area contributed by atoms with Crippen LogP contribution in [0.4, 0.5) is 0 Å². The molecule has 0 radical (unpaired) electrons. The van der Waals surface area contributed by atoms with Crippen molar-refractivity contribution in [3.05, 3.63) is 54.9 Å². The van der Waals surface area contributed by atoms with Gasteiger partial charge >= 0.3 is 0 Å². The fourth-order valence-electron chi connectivity index (χ4n) is 3.10. The minimum Gasteiger partial charge on any atom is -0.493 e. The van der Waals surface area contributed by atoms with Crippen molar-refractivity contribution in [2.75, 3.05) is 21.3 Å². The lowest BCUT2D eigenvalue weighted by Crippen LogP contribution is -1.95. The first-order valence-electron chi connectivity index (χ1n) is 8.35. The van der Waals surface area contributed by atoms with Crippen LogP contribution in [-0.2, 0) is 0 Å². The Bertz CT molecular complexity index is 1080. The van der Waals surface area contributed by atoms with E-state index in [1.54, 1.807) is 33.7 Å². The molecule has 0 fully saturated rings. The summed E-state index contributed by atoms with van der Waals surface area (Å²) in [6.45, 7) is 0. The second-order valence-corrected chi connectivity index (χ2v) is 5.89. The summed E-state index contributed by atoms with van der Waals surface area (Å²) in [5.74, 6) is 2.24. The summed E-state index contributed by atoms with van der Waals surface area (Å²) in [6, 6.07) is 13.7. The summed E-state index contributed by atoms with van der Waals surface area (Å²) in [7, 11) is 4.73. The first-order valence-corrected chi connectivity index (χ1v) is 8.35. The number of rotatable bonds is 5. The first kappa shape index (κ1) is 16.9. The summed E-state index contributed by atoms with van der Waals surface area (Å²) in [4.78, 5) is 4.42. The second-order valence-electron chi connectivity index (χ2n) is 5.89. The standard InChI is InChI=1S/C21H18N2O4/c1-24-18-10-15(11-19(25-2)21(18)26-3)20-16(12-23-27-20)14-7-6-13-5-4-8-22-17(13)9-14/h4-12H,1-3H3. The van der Waals surface area contributed by atoms with Gasteiger partial charge in [-0.05, 0) is 29.8 Å². The van der Waals surface area contributed by atoms with Crippen LogP contribution in [0.1, 0.15) is 0 Å². The monoisotopic (exact) mass is 362 g/mol. The van der Waals surface area contributed by atoms with Crippen molar-refractivity contribution in [3.8, 4) is 39.7 Å². The van der Waals surface area contributed by atoms with Crippen molar-refractivity contribution in [2.45, 2.75) is 0 Å². The molecule has 2 aromatic heterocycles. The third-order valence-corrected chi connectivity index (χ3v) is 4.41. The number of methoxy groups -OCH3 is 3. The third-order valence-electron chi connectivity index (χ3n) is 4.41. The number of benzene rings is 2. The van der Waals surface area contributed by atoms with E-state index in [0.29, 0.717) is 23.0 Å². The Morgan fingerprint density at radius 3 is 2.33 bits per heavy atom. The molecule has 6 heteroatoms. The summed E-state index contributed by atoms with van der Waals surface area (Å²) in [5.41, 5.74) is 3.51. The Kier molecular flexibility index (Phi) is 4.38. The van der Waals surface area contributed by atoms with E-state index < -0.39 is 0 Å². The number of ether oxygens (including phenoxy) is 3. The predicted octanol–water partition coefficient (Wildman–Crippen LogP) is 4.58. The third kappa shape index (κ3) is 2.95. The van der Waals surface area contributed by atoms with Gasteiger partial charge in [-0.3, -0.25) is 4.98 Å². The summed E-state index contributed by atoms with van der Waals surface area (Å²) >= 11 is 0. The largest absolute Gasteiger partial charge is 0.493 e. The Labute approximate surface area is 156 Å². The molecule has 0 aliphatic carbocycles. The van der Waals surface area contributed by atoms with E-state index in [9.17, 15) is 0 Å². The highest BCUT2D eigenvalue weighted by molar-refractivity contribution is 5.88. The molecule has 0 bridgehead atoms. The predicted molar refractivity (Wildman–Crippen MR) is 102 cm³/mol. The molecule has 0 amide bonds. The maximum absolute atomic E-state index is 5.57. The van der Waals surface area contributed by atoms with Crippen molar-refractivity contribution in [2.24, 2.45) is 0 Å². The van der Waals surface area contributed by atoms with Gasteiger partial charge in [0, 0.05) is 22.7 Å². The highest BCUT2D eigenvalue weighted by Gasteiger charge is 2.19. The maximum atomic E-state index is 5.57. The molecule has 4 rings (SSSR count). The Morgan fingerprint density at radius 2 is 1.63 bits per heavy atom. The van der Waals surface area contributed by atoms with Crippen LogP contribution < -0.4 is 14.2 Å². The molecule has 4 aromatic rings. The van der Waals surface area contributed by atoms with Crippen molar-refractivity contribution >= 4 is 10.9 Å². The van der Waals surface area contributed by atoms with Gasteiger partial charge in [-0.25, -0.2) is 0 Å². The minimum absolute atomic E-state index is 0.528. The Morgan fingerprint density at radius 1 is 0.852 bits per heavy atom. The van der Waals surface area contributed by atoms with E-state index in [2.05, 4.69) is 10.1 Å². The zero-order valence-corrected chi connectivity index (χ0v) is 15.2. The van der Waals surface area contributed by atoms with Crippen LogP contribution in [0.25, 0.3) is 33.4 Å². The van der Waals surface area contributed by atoms with Gasteiger partial charge in [0.2, 0.25) is 5.75 Å². The van der Waals surface area contributed by atoms with Crippen LogP contribution in [0.15, 0.2) is 59.4 Å². The average Bonchev–Trinajstić information content (AvgIpc) is 3.22. The number of hydrogen-bond donors (Lipinski definition) is 0. The van der Waals surface area contributed by atoms with Crippen molar-refractivity contribution in [1.82, 2.24) is 10.1 Å². The van der Waals surface area contributed by atoms with E-state index >= 15 is 0 Å². The Balaban J connectivity index is 1.86. The highest BCUT2D eigenvalue weighted by Crippen LogP contribution is 2.43. The van der Waals surface area contributed by atoms with Crippen LogP contribution >= 0.6 is 0 Å². The van der Waals surface area contributed by atoms with Gasteiger partial charge in [-0.1, -0.05) is 23.4 Å². The molecular formula is C21H18N2O4. The van der Waals surface area contributed by atoms with E-state index in [-0.39, 0.29) is 0 Å². The number of aromatic nitrogens is 2. The van der Waals surface area contributed by atoms with E-state index in [1.165, 1.54) is 0 Å². The van der Waals surface area contributed by atoms with Gasteiger partial charge in [-0.15, -0.1) is 0 Å². The SMILES string of the molecule is COc1cc(-c2oncc2-c2ccc3cccnc3c2)cc(OC)c1OC. The number of fused-ring (bicyclic) bond motifs is 1. The molecule has 136 valence electrons. The fraction of sp³-hybridized carbons (Fsp3) is 0.143. The van der Waals surface area contributed by atoms with Gasteiger partial charge in [0.25, 0.3) is 0 Å². The molecule has 0 saturated heterocycles. The molecule has 27 heavy (non-hydrogen) atoms. The Hall–Kier alpha value is -3.54. The summed E-state index contributed by atoms with van der Waals surface area (Å²) in [5, 5.41) is 5.08. The van der Waals surface area contributed by atoms with Crippen LogP contribution in [0.2, 0.25) is 0 Å². The molecule has 0 aliphatic heterocycles. The molecule has 2 heterocycles. The molecule has 0 atom stereocenters. The number of nitrogens with zero attached hydrogens (tertiary/aromatic N) is 2. The smallest absolute Gasteiger partial charge is 0.203 e.